The van der Waals surface area contributed by atoms with Crippen LogP contribution in [0.5, 0.6) is 11.5 Å². The molecule has 0 unspecified atom stereocenters. The molecule has 0 aliphatic rings. The molecule has 1 aromatic carbocycles. The molecule has 0 aliphatic heterocycles. The zero-order valence-corrected chi connectivity index (χ0v) is 13.5. The fourth-order valence-corrected chi connectivity index (χ4v) is 1.77. The number of aliphatic imine (C=N–C) groups is 1. The van der Waals surface area contributed by atoms with Gasteiger partial charge in [0.15, 0.2) is 5.96 Å². The van der Waals surface area contributed by atoms with Gasteiger partial charge in [0.2, 0.25) is 0 Å². The van der Waals surface area contributed by atoms with E-state index in [2.05, 4.69) is 20.4 Å². The van der Waals surface area contributed by atoms with E-state index in [9.17, 15) is 17.6 Å². The Morgan fingerprint density at radius 1 is 1.21 bits per heavy atom. The average Bonchev–Trinajstić information content (AvgIpc) is 2.53. The second-order valence-electron chi connectivity index (χ2n) is 4.69. The first-order chi connectivity index (χ1) is 11.5. The van der Waals surface area contributed by atoms with Gasteiger partial charge >= 0.3 is 6.61 Å². The minimum Gasteiger partial charge on any atom is -0.493 e. The molecule has 0 atom stereocenters. The summed E-state index contributed by atoms with van der Waals surface area (Å²) in [7, 11) is 1.42. The van der Waals surface area contributed by atoms with Crippen LogP contribution in [0.15, 0.2) is 23.2 Å². The largest absolute Gasteiger partial charge is 0.493 e. The molecule has 0 aromatic heterocycles. The highest BCUT2D eigenvalue weighted by atomic mass is 19.3. The van der Waals surface area contributed by atoms with Gasteiger partial charge in [0.05, 0.1) is 13.2 Å². The molecule has 1 aromatic rings. The summed E-state index contributed by atoms with van der Waals surface area (Å²) in [6, 6.07) is 4.56. The number of rotatable bonds is 9. The lowest BCUT2D eigenvalue weighted by Crippen LogP contribution is -2.39. The number of halogens is 4. The Morgan fingerprint density at radius 3 is 2.54 bits per heavy atom. The number of benzene rings is 1. The van der Waals surface area contributed by atoms with Crippen LogP contribution in [0.2, 0.25) is 0 Å². The number of hydrogen-bond donors (Lipinski definition) is 2. The van der Waals surface area contributed by atoms with Gasteiger partial charge in [0, 0.05) is 25.2 Å². The predicted molar refractivity (Wildman–Crippen MR) is 83.1 cm³/mol. The van der Waals surface area contributed by atoms with Crippen LogP contribution in [0.4, 0.5) is 17.6 Å². The highest BCUT2D eigenvalue weighted by Crippen LogP contribution is 2.26. The Kier molecular flexibility index (Phi) is 8.74. The minimum absolute atomic E-state index is 0.0459. The molecule has 0 bridgehead atoms. The van der Waals surface area contributed by atoms with E-state index in [0.717, 1.165) is 6.42 Å². The summed E-state index contributed by atoms with van der Waals surface area (Å²) in [6.07, 6.45) is -1.75. The summed E-state index contributed by atoms with van der Waals surface area (Å²) in [5, 5.41) is 5.17. The van der Waals surface area contributed by atoms with Crippen LogP contribution in [0.3, 0.4) is 0 Å². The third-order valence-corrected chi connectivity index (χ3v) is 2.82. The fourth-order valence-electron chi connectivity index (χ4n) is 1.77. The lowest BCUT2D eigenvalue weighted by atomic mass is 10.2. The molecule has 0 saturated carbocycles. The molecule has 136 valence electrons. The number of nitrogens with zero attached hydrogens (tertiary/aromatic N) is 1. The van der Waals surface area contributed by atoms with Crippen LogP contribution in [0.25, 0.3) is 0 Å². The first kappa shape index (κ1) is 19.9. The first-order valence-corrected chi connectivity index (χ1v) is 7.39. The molecule has 0 heterocycles. The number of nitrogens with one attached hydrogen (secondary N) is 2. The van der Waals surface area contributed by atoms with Crippen LogP contribution in [0, 0.1) is 0 Å². The van der Waals surface area contributed by atoms with E-state index in [4.69, 9.17) is 4.74 Å². The Balaban J connectivity index is 2.77. The van der Waals surface area contributed by atoms with Gasteiger partial charge in [-0.3, -0.25) is 4.99 Å². The third-order valence-electron chi connectivity index (χ3n) is 2.82. The highest BCUT2D eigenvalue weighted by molar-refractivity contribution is 5.79. The maximum Gasteiger partial charge on any atom is 0.387 e. The Morgan fingerprint density at radius 2 is 1.96 bits per heavy atom. The van der Waals surface area contributed by atoms with E-state index in [-0.39, 0.29) is 18.3 Å². The van der Waals surface area contributed by atoms with Crippen LogP contribution in [-0.4, -0.2) is 39.2 Å². The zero-order valence-electron chi connectivity index (χ0n) is 13.5. The summed E-state index contributed by atoms with van der Waals surface area (Å²) in [4.78, 5) is 3.77. The van der Waals surface area contributed by atoms with Crippen molar-refractivity contribution in [3.05, 3.63) is 23.8 Å². The van der Waals surface area contributed by atoms with Gasteiger partial charge < -0.3 is 20.1 Å². The molecule has 24 heavy (non-hydrogen) atoms. The Hall–Kier alpha value is -2.19. The van der Waals surface area contributed by atoms with Crippen molar-refractivity contribution >= 4 is 5.96 Å². The molecule has 0 saturated heterocycles. The first-order valence-electron chi connectivity index (χ1n) is 7.39. The van der Waals surface area contributed by atoms with E-state index in [1.165, 1.54) is 13.1 Å². The molecule has 2 N–H and O–H groups in total. The number of ether oxygens (including phenoxy) is 2. The quantitative estimate of drug-likeness (QED) is 0.408. The molecule has 0 radical (unpaired) electrons. The minimum atomic E-state index is -2.98. The smallest absolute Gasteiger partial charge is 0.387 e. The van der Waals surface area contributed by atoms with Crippen molar-refractivity contribution in [3.63, 3.8) is 0 Å². The van der Waals surface area contributed by atoms with E-state index < -0.39 is 19.6 Å². The van der Waals surface area contributed by atoms with Crippen molar-refractivity contribution in [1.82, 2.24) is 10.6 Å². The van der Waals surface area contributed by atoms with E-state index in [1.807, 2.05) is 6.92 Å². The van der Waals surface area contributed by atoms with E-state index in [0.29, 0.717) is 17.9 Å². The van der Waals surface area contributed by atoms with Gasteiger partial charge in [0.25, 0.3) is 6.43 Å². The van der Waals surface area contributed by atoms with Gasteiger partial charge in [0.1, 0.15) is 11.5 Å². The second kappa shape index (κ2) is 10.6. The fraction of sp³-hybridized carbons (Fsp3) is 0.533. The average molecular weight is 351 g/mol. The zero-order chi connectivity index (χ0) is 17.9. The molecule has 9 heteroatoms. The van der Waals surface area contributed by atoms with Crippen molar-refractivity contribution in [2.24, 2.45) is 4.99 Å². The predicted octanol–water partition coefficient (Wildman–Crippen LogP) is 3.01. The standard InChI is InChI=1S/C15H21F4N3O2/c1-3-6-23-11-5-4-10(12(7-11)24-14(18)19)8-21-15(20-2)22-9-13(16)17/h4-5,7,13-14H,3,6,8-9H2,1-2H3,(H2,20,21,22). The van der Waals surface area contributed by atoms with Crippen LogP contribution in [-0.2, 0) is 6.54 Å². The summed E-state index contributed by atoms with van der Waals surface area (Å²) in [5.74, 6) is 0.497. The van der Waals surface area contributed by atoms with Gasteiger partial charge in [-0.1, -0.05) is 6.92 Å². The van der Waals surface area contributed by atoms with Crippen LogP contribution in [0.1, 0.15) is 18.9 Å². The molecule has 0 aliphatic carbocycles. The van der Waals surface area contributed by atoms with Crippen molar-refractivity contribution in [2.75, 3.05) is 20.2 Å². The second-order valence-corrected chi connectivity index (χ2v) is 4.69. The van der Waals surface area contributed by atoms with Crippen molar-refractivity contribution in [3.8, 4) is 11.5 Å². The number of guanidine groups is 1. The van der Waals surface area contributed by atoms with Gasteiger partial charge in [-0.2, -0.15) is 8.78 Å². The van der Waals surface area contributed by atoms with Gasteiger partial charge in [-0.15, -0.1) is 0 Å². The maximum atomic E-state index is 12.6. The van der Waals surface area contributed by atoms with Gasteiger partial charge in [-0.05, 0) is 18.6 Å². The van der Waals surface area contributed by atoms with Crippen molar-refractivity contribution < 1.29 is 27.0 Å². The topological polar surface area (TPSA) is 54.9 Å². The monoisotopic (exact) mass is 351 g/mol. The van der Waals surface area contributed by atoms with E-state index in [1.54, 1.807) is 12.1 Å². The third kappa shape index (κ3) is 7.38. The molecule has 0 spiro atoms. The lowest BCUT2D eigenvalue weighted by Gasteiger charge is -2.15. The van der Waals surface area contributed by atoms with Crippen LogP contribution < -0.4 is 20.1 Å². The molecule has 0 amide bonds. The van der Waals surface area contributed by atoms with Gasteiger partial charge in [-0.25, -0.2) is 8.78 Å². The molecular weight excluding hydrogens is 330 g/mol. The number of hydrogen-bond acceptors (Lipinski definition) is 3. The summed E-state index contributed by atoms with van der Waals surface area (Å²) >= 11 is 0. The van der Waals surface area contributed by atoms with Crippen molar-refractivity contribution in [2.45, 2.75) is 32.9 Å². The summed E-state index contributed by atoms with van der Waals surface area (Å²) < 4.78 is 59.4. The van der Waals surface area contributed by atoms with Crippen LogP contribution >= 0.6 is 0 Å². The summed E-state index contributed by atoms with van der Waals surface area (Å²) in [5.41, 5.74) is 0.416. The Bertz CT molecular complexity index is 527. The molecular formula is C15H21F4N3O2. The highest BCUT2D eigenvalue weighted by Gasteiger charge is 2.12. The normalized spacial score (nSPS) is 11.8. The van der Waals surface area contributed by atoms with Crippen molar-refractivity contribution in [1.29, 1.82) is 0 Å². The molecule has 1 rings (SSSR count). The number of alkyl halides is 4. The maximum absolute atomic E-state index is 12.6. The SMILES string of the molecule is CCCOc1ccc(CNC(=NC)NCC(F)F)c(OC(F)F)c1. The van der Waals surface area contributed by atoms with E-state index >= 15 is 0 Å². The molecule has 5 nitrogen and oxygen atoms in total. The Labute approximate surface area is 138 Å². The summed E-state index contributed by atoms with van der Waals surface area (Å²) in [6.45, 7) is -1.10. The lowest BCUT2D eigenvalue weighted by molar-refractivity contribution is -0.0505. The molecule has 0 fully saturated rings.